The molecule has 1 N–H and O–H groups in total. The Labute approximate surface area is 98.0 Å². The van der Waals surface area contributed by atoms with Gasteiger partial charge < -0.3 is 10.1 Å². The molecule has 0 spiro atoms. The summed E-state index contributed by atoms with van der Waals surface area (Å²) in [6, 6.07) is 4.90. The van der Waals surface area contributed by atoms with Gasteiger partial charge in [-0.25, -0.2) is 0 Å². The molecule has 0 bridgehead atoms. The summed E-state index contributed by atoms with van der Waals surface area (Å²) in [7, 11) is 0. The van der Waals surface area contributed by atoms with Crippen LogP contribution in [0.2, 0.25) is 0 Å². The van der Waals surface area contributed by atoms with Gasteiger partial charge in [-0.05, 0) is 62.9 Å². The summed E-state index contributed by atoms with van der Waals surface area (Å²) in [5.41, 5.74) is 3.88. The number of aryl methyl sites for hydroxylation is 3. The van der Waals surface area contributed by atoms with Crippen LogP contribution >= 0.6 is 0 Å². The van der Waals surface area contributed by atoms with Gasteiger partial charge in [-0.3, -0.25) is 0 Å². The predicted octanol–water partition coefficient (Wildman–Crippen LogP) is 2.74. The fourth-order valence-corrected chi connectivity index (χ4v) is 2.18. The summed E-state index contributed by atoms with van der Waals surface area (Å²) in [5.74, 6) is 1.04. The van der Waals surface area contributed by atoms with E-state index in [4.69, 9.17) is 4.74 Å². The molecule has 1 aromatic carbocycles. The van der Waals surface area contributed by atoms with Crippen LogP contribution in [0.4, 0.5) is 0 Å². The largest absolute Gasteiger partial charge is 0.492 e. The normalized spacial score (nSPS) is 20.1. The second-order valence-corrected chi connectivity index (χ2v) is 4.81. The number of nitrogens with one attached hydrogen (secondary N) is 1. The van der Waals surface area contributed by atoms with Crippen molar-refractivity contribution < 1.29 is 4.74 Å². The Bertz CT molecular complexity index is 367. The molecule has 0 aliphatic carbocycles. The third-order valence-corrected chi connectivity index (χ3v) is 3.39. The van der Waals surface area contributed by atoms with Crippen LogP contribution in [-0.2, 0) is 0 Å². The predicted molar refractivity (Wildman–Crippen MR) is 67.2 cm³/mol. The minimum Gasteiger partial charge on any atom is -0.492 e. The van der Waals surface area contributed by atoms with E-state index in [1.807, 2.05) is 0 Å². The molecule has 1 heterocycles. The average Bonchev–Trinajstić information content (AvgIpc) is 2.74. The van der Waals surface area contributed by atoms with Gasteiger partial charge in [0.1, 0.15) is 12.4 Å². The van der Waals surface area contributed by atoms with Gasteiger partial charge in [-0.15, -0.1) is 0 Å². The fraction of sp³-hybridized carbons (Fsp3) is 0.571. The van der Waals surface area contributed by atoms with E-state index in [1.165, 1.54) is 29.5 Å². The molecule has 2 rings (SSSR count). The summed E-state index contributed by atoms with van der Waals surface area (Å²) in [5, 5.41) is 3.45. The fourth-order valence-electron chi connectivity index (χ4n) is 2.18. The zero-order chi connectivity index (χ0) is 11.5. The lowest BCUT2D eigenvalue weighted by Gasteiger charge is -2.15. The molecule has 1 aliphatic heterocycles. The molecule has 1 atom stereocenters. The van der Waals surface area contributed by atoms with Gasteiger partial charge in [0.2, 0.25) is 0 Å². The Kier molecular flexibility index (Phi) is 3.49. The third kappa shape index (κ3) is 2.56. The van der Waals surface area contributed by atoms with Crippen LogP contribution in [0, 0.1) is 20.8 Å². The molecule has 1 fully saturated rings. The van der Waals surface area contributed by atoms with Crippen molar-refractivity contribution >= 4 is 0 Å². The number of benzene rings is 1. The van der Waals surface area contributed by atoms with Crippen LogP contribution < -0.4 is 10.1 Å². The SMILES string of the molecule is Cc1cc(C)c(OC[C@@H]2CCCN2)cc1C. The van der Waals surface area contributed by atoms with Crippen LogP contribution in [0.15, 0.2) is 12.1 Å². The van der Waals surface area contributed by atoms with Crippen molar-refractivity contribution in [1.82, 2.24) is 5.32 Å². The smallest absolute Gasteiger partial charge is 0.122 e. The number of hydrogen-bond donors (Lipinski definition) is 1. The molecular weight excluding hydrogens is 198 g/mol. The summed E-state index contributed by atoms with van der Waals surface area (Å²) in [6.07, 6.45) is 2.52. The average molecular weight is 219 g/mol. The minimum absolute atomic E-state index is 0.543. The van der Waals surface area contributed by atoms with Crippen molar-refractivity contribution in [1.29, 1.82) is 0 Å². The molecule has 0 unspecified atom stereocenters. The highest BCUT2D eigenvalue weighted by Crippen LogP contribution is 2.22. The van der Waals surface area contributed by atoms with Crippen LogP contribution in [0.5, 0.6) is 5.75 Å². The standard InChI is InChI=1S/C14H21NO/c1-10-7-12(3)14(8-11(10)2)16-9-13-5-4-6-15-13/h7-8,13,15H,4-6,9H2,1-3H3/t13-/m0/s1. The van der Waals surface area contributed by atoms with Gasteiger partial charge in [0.15, 0.2) is 0 Å². The zero-order valence-corrected chi connectivity index (χ0v) is 10.5. The third-order valence-electron chi connectivity index (χ3n) is 3.39. The van der Waals surface area contributed by atoms with Gasteiger partial charge in [0.25, 0.3) is 0 Å². The maximum atomic E-state index is 5.89. The molecule has 0 radical (unpaired) electrons. The number of hydrogen-bond acceptors (Lipinski definition) is 2. The molecule has 2 heteroatoms. The molecule has 2 nitrogen and oxygen atoms in total. The van der Waals surface area contributed by atoms with Crippen molar-refractivity contribution in [2.75, 3.05) is 13.2 Å². The second-order valence-electron chi connectivity index (χ2n) is 4.81. The lowest BCUT2D eigenvalue weighted by atomic mass is 10.1. The van der Waals surface area contributed by atoms with Gasteiger partial charge in [0.05, 0.1) is 0 Å². The van der Waals surface area contributed by atoms with Crippen LogP contribution in [-0.4, -0.2) is 19.2 Å². The maximum Gasteiger partial charge on any atom is 0.122 e. The Morgan fingerprint density at radius 1 is 1.19 bits per heavy atom. The Balaban J connectivity index is 2.00. The van der Waals surface area contributed by atoms with Gasteiger partial charge in [-0.1, -0.05) is 6.07 Å². The van der Waals surface area contributed by atoms with Gasteiger partial charge in [0, 0.05) is 6.04 Å². The lowest BCUT2D eigenvalue weighted by Crippen LogP contribution is -2.28. The van der Waals surface area contributed by atoms with E-state index in [0.29, 0.717) is 6.04 Å². The molecule has 1 aromatic rings. The summed E-state index contributed by atoms with van der Waals surface area (Å²) < 4.78 is 5.89. The van der Waals surface area contributed by atoms with E-state index >= 15 is 0 Å². The first-order valence-corrected chi connectivity index (χ1v) is 6.11. The zero-order valence-electron chi connectivity index (χ0n) is 10.5. The Morgan fingerprint density at radius 3 is 2.62 bits per heavy atom. The highest BCUT2D eigenvalue weighted by molar-refractivity contribution is 5.40. The lowest BCUT2D eigenvalue weighted by molar-refractivity contribution is 0.275. The molecule has 0 amide bonds. The first-order valence-electron chi connectivity index (χ1n) is 6.11. The van der Waals surface area contributed by atoms with E-state index in [0.717, 1.165) is 18.9 Å². The number of rotatable bonds is 3. The molecule has 16 heavy (non-hydrogen) atoms. The Morgan fingerprint density at radius 2 is 1.94 bits per heavy atom. The molecule has 1 saturated heterocycles. The first kappa shape index (κ1) is 11.5. The van der Waals surface area contributed by atoms with Crippen LogP contribution in [0.3, 0.4) is 0 Å². The molecular formula is C14H21NO. The number of ether oxygens (including phenoxy) is 1. The molecule has 1 aliphatic rings. The van der Waals surface area contributed by atoms with Crippen molar-refractivity contribution in [2.24, 2.45) is 0 Å². The summed E-state index contributed by atoms with van der Waals surface area (Å²) in [4.78, 5) is 0. The van der Waals surface area contributed by atoms with E-state index in [9.17, 15) is 0 Å². The van der Waals surface area contributed by atoms with Crippen molar-refractivity contribution in [3.8, 4) is 5.75 Å². The van der Waals surface area contributed by atoms with Gasteiger partial charge >= 0.3 is 0 Å². The Hall–Kier alpha value is -1.02. The first-order chi connectivity index (χ1) is 7.66. The van der Waals surface area contributed by atoms with Crippen molar-refractivity contribution in [2.45, 2.75) is 39.7 Å². The molecule has 0 saturated carbocycles. The molecule has 88 valence electrons. The highest BCUT2D eigenvalue weighted by Gasteiger charge is 2.14. The summed E-state index contributed by atoms with van der Waals surface area (Å²) >= 11 is 0. The van der Waals surface area contributed by atoms with E-state index in [-0.39, 0.29) is 0 Å². The highest BCUT2D eigenvalue weighted by atomic mass is 16.5. The minimum atomic E-state index is 0.543. The second kappa shape index (κ2) is 4.88. The summed E-state index contributed by atoms with van der Waals surface area (Å²) in [6.45, 7) is 8.33. The van der Waals surface area contributed by atoms with E-state index in [1.54, 1.807) is 0 Å². The van der Waals surface area contributed by atoms with E-state index in [2.05, 4.69) is 38.2 Å². The maximum absolute atomic E-state index is 5.89. The quantitative estimate of drug-likeness (QED) is 0.844. The van der Waals surface area contributed by atoms with Crippen molar-refractivity contribution in [3.63, 3.8) is 0 Å². The van der Waals surface area contributed by atoms with Crippen LogP contribution in [0.25, 0.3) is 0 Å². The van der Waals surface area contributed by atoms with Crippen molar-refractivity contribution in [3.05, 3.63) is 28.8 Å². The van der Waals surface area contributed by atoms with E-state index < -0.39 is 0 Å². The monoisotopic (exact) mass is 219 g/mol. The van der Waals surface area contributed by atoms with Gasteiger partial charge in [-0.2, -0.15) is 0 Å². The molecule has 0 aromatic heterocycles. The topological polar surface area (TPSA) is 21.3 Å². The van der Waals surface area contributed by atoms with Crippen LogP contribution in [0.1, 0.15) is 29.5 Å².